The highest BCUT2D eigenvalue weighted by Crippen LogP contribution is 2.19. The summed E-state index contributed by atoms with van der Waals surface area (Å²) in [6.45, 7) is 2.25. The van der Waals surface area contributed by atoms with E-state index in [0.29, 0.717) is 55.9 Å². The number of methoxy groups -OCH3 is 1. The van der Waals surface area contributed by atoms with Crippen LogP contribution in [0.25, 0.3) is 0 Å². The molecule has 8 heteroatoms. The zero-order valence-electron chi connectivity index (χ0n) is 15.4. The molecule has 1 amide bonds. The van der Waals surface area contributed by atoms with Gasteiger partial charge >= 0.3 is 0 Å². The van der Waals surface area contributed by atoms with Crippen LogP contribution in [0.3, 0.4) is 0 Å². The van der Waals surface area contributed by atoms with Gasteiger partial charge in [-0.1, -0.05) is 35.0 Å². The van der Waals surface area contributed by atoms with Crippen molar-refractivity contribution in [2.24, 2.45) is 0 Å². The Kier molecular flexibility index (Phi) is 7.20. The predicted octanol–water partition coefficient (Wildman–Crippen LogP) is 2.66. The Balaban J connectivity index is 1.37. The van der Waals surface area contributed by atoms with E-state index in [1.54, 1.807) is 7.11 Å². The SMILES string of the molecule is COCc1nc(CCOC2CCN(C(=O)Cc3ccccc3Cl)CC2)no1. The quantitative estimate of drug-likeness (QED) is 0.686. The van der Waals surface area contributed by atoms with Gasteiger partial charge in [-0.15, -0.1) is 0 Å². The first kappa shape index (κ1) is 19.8. The molecular formula is C19H24ClN3O4. The number of piperidine rings is 1. The first-order valence-corrected chi connectivity index (χ1v) is 9.46. The molecule has 146 valence electrons. The fraction of sp³-hybridized carbons (Fsp3) is 0.526. The van der Waals surface area contributed by atoms with Crippen LogP contribution in [0.15, 0.2) is 28.8 Å². The number of ether oxygens (including phenoxy) is 2. The summed E-state index contributed by atoms with van der Waals surface area (Å²) < 4.78 is 15.9. The number of carbonyl (C=O) groups is 1. The van der Waals surface area contributed by atoms with Gasteiger partial charge in [0.1, 0.15) is 6.61 Å². The predicted molar refractivity (Wildman–Crippen MR) is 99.4 cm³/mol. The average Bonchev–Trinajstić information content (AvgIpc) is 3.12. The number of hydrogen-bond acceptors (Lipinski definition) is 6. The number of carbonyl (C=O) groups excluding carboxylic acids is 1. The van der Waals surface area contributed by atoms with E-state index in [2.05, 4.69) is 10.1 Å². The van der Waals surface area contributed by atoms with Gasteiger partial charge in [0.25, 0.3) is 5.89 Å². The smallest absolute Gasteiger partial charge is 0.252 e. The molecule has 0 unspecified atom stereocenters. The maximum Gasteiger partial charge on any atom is 0.252 e. The Morgan fingerprint density at radius 3 is 2.85 bits per heavy atom. The summed E-state index contributed by atoms with van der Waals surface area (Å²) in [7, 11) is 1.58. The highest BCUT2D eigenvalue weighted by molar-refractivity contribution is 6.31. The number of nitrogens with zero attached hydrogens (tertiary/aromatic N) is 3. The van der Waals surface area contributed by atoms with Gasteiger partial charge in [0.15, 0.2) is 5.82 Å². The monoisotopic (exact) mass is 393 g/mol. The molecule has 1 aromatic carbocycles. The second-order valence-corrected chi connectivity index (χ2v) is 6.91. The van der Waals surface area contributed by atoms with Gasteiger partial charge in [0.2, 0.25) is 5.91 Å². The third-order valence-electron chi connectivity index (χ3n) is 4.55. The van der Waals surface area contributed by atoms with Crippen molar-refractivity contribution in [1.82, 2.24) is 15.0 Å². The van der Waals surface area contributed by atoms with Gasteiger partial charge in [0.05, 0.1) is 19.1 Å². The number of aromatic nitrogens is 2. The highest BCUT2D eigenvalue weighted by atomic mass is 35.5. The van der Waals surface area contributed by atoms with Crippen LogP contribution in [0.2, 0.25) is 5.02 Å². The molecule has 0 bridgehead atoms. The van der Waals surface area contributed by atoms with Gasteiger partial charge in [-0.25, -0.2) is 0 Å². The van der Waals surface area contributed by atoms with E-state index in [0.717, 1.165) is 18.4 Å². The topological polar surface area (TPSA) is 77.7 Å². The summed E-state index contributed by atoms with van der Waals surface area (Å²) in [5.41, 5.74) is 0.871. The first-order chi connectivity index (χ1) is 13.2. The minimum Gasteiger partial charge on any atom is -0.378 e. The van der Waals surface area contributed by atoms with Crippen LogP contribution in [-0.2, 0) is 33.7 Å². The summed E-state index contributed by atoms with van der Waals surface area (Å²) in [4.78, 5) is 18.6. The molecule has 1 saturated heterocycles. The van der Waals surface area contributed by atoms with Crippen molar-refractivity contribution >= 4 is 17.5 Å². The molecular weight excluding hydrogens is 370 g/mol. The van der Waals surface area contributed by atoms with Crippen molar-refractivity contribution in [1.29, 1.82) is 0 Å². The number of benzene rings is 1. The van der Waals surface area contributed by atoms with Crippen LogP contribution in [0, 0.1) is 0 Å². The third kappa shape index (κ3) is 5.76. The fourth-order valence-electron chi connectivity index (χ4n) is 3.08. The maximum atomic E-state index is 12.5. The first-order valence-electron chi connectivity index (χ1n) is 9.09. The average molecular weight is 394 g/mol. The Bertz CT molecular complexity index is 744. The lowest BCUT2D eigenvalue weighted by Crippen LogP contribution is -2.41. The molecule has 1 aliphatic heterocycles. The lowest BCUT2D eigenvalue weighted by Gasteiger charge is -2.32. The minimum absolute atomic E-state index is 0.110. The Morgan fingerprint density at radius 1 is 1.33 bits per heavy atom. The van der Waals surface area contributed by atoms with Gasteiger partial charge in [-0.2, -0.15) is 4.98 Å². The van der Waals surface area contributed by atoms with E-state index < -0.39 is 0 Å². The van der Waals surface area contributed by atoms with Crippen molar-refractivity contribution in [2.75, 3.05) is 26.8 Å². The molecule has 0 radical (unpaired) electrons. The number of halogens is 1. The normalized spacial score (nSPS) is 15.3. The van der Waals surface area contributed by atoms with Crippen LogP contribution in [0.1, 0.15) is 30.1 Å². The standard InChI is InChI=1S/C19H24ClN3O4/c1-25-13-18-21-17(22-27-18)8-11-26-15-6-9-23(10-7-15)19(24)12-14-4-2-3-5-16(14)20/h2-5,15H,6-13H2,1H3. The molecule has 1 aliphatic rings. The molecule has 2 heterocycles. The van der Waals surface area contributed by atoms with Crippen LogP contribution in [-0.4, -0.2) is 53.9 Å². The summed E-state index contributed by atoms with van der Waals surface area (Å²) in [6, 6.07) is 7.47. The second-order valence-electron chi connectivity index (χ2n) is 6.51. The van der Waals surface area contributed by atoms with Gasteiger partial charge in [0, 0.05) is 31.6 Å². The maximum absolute atomic E-state index is 12.5. The molecule has 1 aromatic heterocycles. The number of hydrogen-bond donors (Lipinski definition) is 0. The van der Waals surface area contributed by atoms with Crippen LogP contribution >= 0.6 is 11.6 Å². The summed E-state index contributed by atoms with van der Waals surface area (Å²) in [5, 5.41) is 4.53. The minimum atomic E-state index is 0.110. The van der Waals surface area contributed by atoms with Crippen molar-refractivity contribution in [2.45, 2.75) is 38.4 Å². The van der Waals surface area contributed by atoms with Gasteiger partial charge in [-0.3, -0.25) is 4.79 Å². The zero-order valence-corrected chi connectivity index (χ0v) is 16.2. The second kappa shape index (κ2) is 9.82. The Labute approximate surface area is 163 Å². The zero-order chi connectivity index (χ0) is 19.1. The third-order valence-corrected chi connectivity index (χ3v) is 4.92. The van der Waals surface area contributed by atoms with Crippen molar-refractivity contribution < 1.29 is 18.8 Å². The van der Waals surface area contributed by atoms with E-state index in [1.807, 2.05) is 29.2 Å². The lowest BCUT2D eigenvalue weighted by atomic mass is 10.1. The molecule has 7 nitrogen and oxygen atoms in total. The molecule has 0 aliphatic carbocycles. The van der Waals surface area contributed by atoms with E-state index >= 15 is 0 Å². The molecule has 2 aromatic rings. The summed E-state index contributed by atoms with van der Waals surface area (Å²) in [6.07, 6.45) is 2.75. The van der Waals surface area contributed by atoms with E-state index in [1.165, 1.54) is 0 Å². The molecule has 0 saturated carbocycles. The van der Waals surface area contributed by atoms with E-state index in [9.17, 15) is 4.79 Å². The molecule has 3 rings (SSSR count). The molecule has 0 spiro atoms. The number of amides is 1. The molecule has 0 N–H and O–H groups in total. The Hall–Kier alpha value is -1.96. The lowest BCUT2D eigenvalue weighted by molar-refractivity contribution is -0.133. The van der Waals surface area contributed by atoms with E-state index in [-0.39, 0.29) is 12.0 Å². The summed E-state index contributed by atoms with van der Waals surface area (Å²) in [5.74, 6) is 1.20. The summed E-state index contributed by atoms with van der Waals surface area (Å²) >= 11 is 6.14. The van der Waals surface area contributed by atoms with Crippen molar-refractivity contribution in [3.8, 4) is 0 Å². The van der Waals surface area contributed by atoms with Crippen LogP contribution < -0.4 is 0 Å². The van der Waals surface area contributed by atoms with Crippen LogP contribution in [0.5, 0.6) is 0 Å². The van der Waals surface area contributed by atoms with Gasteiger partial charge in [-0.05, 0) is 24.5 Å². The molecule has 27 heavy (non-hydrogen) atoms. The van der Waals surface area contributed by atoms with Crippen LogP contribution in [0.4, 0.5) is 0 Å². The largest absolute Gasteiger partial charge is 0.378 e. The van der Waals surface area contributed by atoms with Crippen molar-refractivity contribution in [3.63, 3.8) is 0 Å². The number of rotatable bonds is 8. The van der Waals surface area contributed by atoms with E-state index in [4.69, 9.17) is 25.6 Å². The number of likely N-dealkylation sites (tertiary alicyclic amines) is 1. The van der Waals surface area contributed by atoms with Crippen molar-refractivity contribution in [3.05, 3.63) is 46.6 Å². The fourth-order valence-corrected chi connectivity index (χ4v) is 3.28. The highest BCUT2D eigenvalue weighted by Gasteiger charge is 2.23. The molecule has 1 fully saturated rings. The Morgan fingerprint density at radius 2 is 2.11 bits per heavy atom. The molecule has 0 atom stereocenters. The van der Waals surface area contributed by atoms with Gasteiger partial charge < -0.3 is 18.9 Å².